The molecule has 0 unspecified atom stereocenters. The molecule has 33 heavy (non-hydrogen) atoms. The summed E-state index contributed by atoms with van der Waals surface area (Å²) in [5, 5.41) is 13.5. The molecule has 0 amide bonds. The molecule has 0 saturated heterocycles. The minimum atomic E-state index is -0.145. The van der Waals surface area contributed by atoms with Crippen molar-refractivity contribution in [1.82, 2.24) is 29.2 Å². The summed E-state index contributed by atoms with van der Waals surface area (Å²) in [5.41, 5.74) is 2.94. The summed E-state index contributed by atoms with van der Waals surface area (Å²) < 4.78 is 10.1. The monoisotopic (exact) mass is 507 g/mol. The highest BCUT2D eigenvalue weighted by molar-refractivity contribution is 9.10. The molecule has 4 rings (SSSR count). The van der Waals surface area contributed by atoms with E-state index in [1.807, 2.05) is 48.7 Å². The summed E-state index contributed by atoms with van der Waals surface area (Å²) in [7, 11) is 3.98. The number of likely N-dealkylation sites (N-methyl/N-ethyl adjacent to an activating group) is 1. The number of pyridine rings is 1. The van der Waals surface area contributed by atoms with E-state index >= 15 is 0 Å². The lowest BCUT2D eigenvalue weighted by molar-refractivity contribution is 0.101. The van der Waals surface area contributed by atoms with Crippen molar-refractivity contribution < 1.29 is 9.53 Å². The molecule has 9 nitrogen and oxygen atoms in total. The van der Waals surface area contributed by atoms with E-state index in [4.69, 9.17) is 9.72 Å². The lowest BCUT2D eigenvalue weighted by Crippen LogP contribution is -2.19. The lowest BCUT2D eigenvalue weighted by atomic mass is 10.2. The van der Waals surface area contributed by atoms with E-state index in [0.717, 1.165) is 22.1 Å². The van der Waals surface area contributed by atoms with E-state index in [0.29, 0.717) is 35.2 Å². The normalized spacial score (nSPS) is 11.2. The highest BCUT2D eigenvalue weighted by Crippen LogP contribution is 2.31. The van der Waals surface area contributed by atoms with Gasteiger partial charge < -0.3 is 9.64 Å². The summed E-state index contributed by atoms with van der Waals surface area (Å²) in [6.45, 7) is 4.62. The van der Waals surface area contributed by atoms with Gasteiger partial charge in [0.1, 0.15) is 30.6 Å². The smallest absolute Gasteiger partial charge is 0.166 e. The van der Waals surface area contributed by atoms with Crippen molar-refractivity contribution in [2.24, 2.45) is 0 Å². The minimum absolute atomic E-state index is 0.145. The summed E-state index contributed by atoms with van der Waals surface area (Å²) in [6, 6.07) is 11.0. The van der Waals surface area contributed by atoms with Crippen LogP contribution in [-0.2, 0) is 0 Å². The zero-order valence-electron chi connectivity index (χ0n) is 18.7. The van der Waals surface area contributed by atoms with E-state index in [-0.39, 0.29) is 11.5 Å². The number of rotatable bonds is 7. The number of ketones is 1. The van der Waals surface area contributed by atoms with Gasteiger partial charge in [0.25, 0.3) is 0 Å². The third-order valence-corrected chi connectivity index (χ3v) is 5.71. The lowest BCUT2D eigenvalue weighted by Gasteiger charge is -2.13. The number of hydrogen-bond donors (Lipinski definition) is 0. The second-order valence-corrected chi connectivity index (χ2v) is 8.68. The Balaban J connectivity index is 1.82. The van der Waals surface area contributed by atoms with Crippen molar-refractivity contribution in [2.45, 2.75) is 13.8 Å². The molecule has 0 aliphatic rings. The van der Waals surface area contributed by atoms with Crippen molar-refractivity contribution in [3.05, 3.63) is 58.1 Å². The third-order valence-electron chi connectivity index (χ3n) is 5.09. The van der Waals surface area contributed by atoms with Crippen molar-refractivity contribution in [3.8, 4) is 23.5 Å². The van der Waals surface area contributed by atoms with Crippen molar-refractivity contribution in [2.75, 3.05) is 27.2 Å². The predicted molar refractivity (Wildman–Crippen MR) is 127 cm³/mol. The average Bonchev–Trinajstić information content (AvgIpc) is 3.35. The van der Waals surface area contributed by atoms with Crippen LogP contribution in [-0.4, -0.2) is 62.2 Å². The van der Waals surface area contributed by atoms with Gasteiger partial charge in [-0.05, 0) is 68.1 Å². The van der Waals surface area contributed by atoms with E-state index in [2.05, 4.69) is 26.0 Å². The van der Waals surface area contributed by atoms with Crippen LogP contribution >= 0.6 is 15.9 Å². The number of Topliss-reactive ketones (excluding diaryl/α,β-unsaturated/α-hetero) is 1. The van der Waals surface area contributed by atoms with Crippen LogP contribution in [0.15, 0.2) is 41.1 Å². The van der Waals surface area contributed by atoms with Crippen LogP contribution in [0.4, 0.5) is 0 Å². The fourth-order valence-electron chi connectivity index (χ4n) is 3.39. The van der Waals surface area contributed by atoms with Gasteiger partial charge in [-0.1, -0.05) is 0 Å². The van der Waals surface area contributed by atoms with Gasteiger partial charge in [0, 0.05) is 18.3 Å². The SMILES string of the molecule is CC(=O)c1ccc(-n2cnc3cc(Br)c(OCCN(C)C)cc32)nc1-n1nc(C#N)cc1C. The van der Waals surface area contributed by atoms with Crippen LogP contribution in [0.25, 0.3) is 22.7 Å². The zero-order chi connectivity index (χ0) is 23.7. The van der Waals surface area contributed by atoms with Gasteiger partial charge >= 0.3 is 0 Å². The zero-order valence-corrected chi connectivity index (χ0v) is 20.3. The predicted octanol–water partition coefficient (Wildman–Crippen LogP) is 3.69. The molecule has 0 N–H and O–H groups in total. The summed E-state index contributed by atoms with van der Waals surface area (Å²) in [5.74, 6) is 1.48. The molecule has 10 heteroatoms. The maximum absolute atomic E-state index is 12.3. The molecule has 168 valence electrons. The highest BCUT2D eigenvalue weighted by atomic mass is 79.9. The number of hydrogen-bond acceptors (Lipinski definition) is 7. The van der Waals surface area contributed by atoms with E-state index in [1.165, 1.54) is 11.6 Å². The van der Waals surface area contributed by atoms with E-state index in [1.54, 1.807) is 24.5 Å². The van der Waals surface area contributed by atoms with Crippen LogP contribution < -0.4 is 4.74 Å². The first-order valence-corrected chi connectivity index (χ1v) is 11.0. The number of nitriles is 1. The molecule has 1 aromatic carbocycles. The molecule has 0 bridgehead atoms. The Morgan fingerprint density at radius 3 is 2.73 bits per heavy atom. The topological polar surface area (TPSA) is 102 Å². The Labute approximate surface area is 199 Å². The van der Waals surface area contributed by atoms with Crippen molar-refractivity contribution in [3.63, 3.8) is 0 Å². The van der Waals surface area contributed by atoms with Crippen LogP contribution in [0.5, 0.6) is 5.75 Å². The van der Waals surface area contributed by atoms with Crippen LogP contribution in [0.2, 0.25) is 0 Å². The van der Waals surface area contributed by atoms with E-state index < -0.39 is 0 Å². The number of aryl methyl sites for hydroxylation is 1. The number of aromatic nitrogens is 5. The first kappa shape index (κ1) is 22.6. The molecule has 3 aromatic heterocycles. The molecular weight excluding hydrogens is 486 g/mol. The average molecular weight is 508 g/mol. The quantitative estimate of drug-likeness (QED) is 0.351. The molecular formula is C23H22BrN7O2. The highest BCUT2D eigenvalue weighted by Gasteiger charge is 2.18. The number of imidazole rings is 1. The van der Waals surface area contributed by atoms with Crippen LogP contribution in [0.3, 0.4) is 0 Å². The molecule has 0 atom stereocenters. The second-order valence-electron chi connectivity index (χ2n) is 7.83. The number of halogens is 1. The Kier molecular flexibility index (Phi) is 6.26. The number of ether oxygens (including phenoxy) is 1. The van der Waals surface area contributed by atoms with E-state index in [9.17, 15) is 10.1 Å². The maximum Gasteiger partial charge on any atom is 0.166 e. The standard InChI is InChI=1S/C23H22BrN7O2/c1-14-9-16(12-25)28-31(14)23-17(15(2)32)5-6-22(27-23)30-13-26-19-10-18(24)21(11-20(19)30)33-8-7-29(3)4/h5-6,9-11,13H,7-8H2,1-4H3. The Morgan fingerprint density at radius 1 is 1.27 bits per heavy atom. The van der Waals surface area contributed by atoms with Crippen LogP contribution in [0.1, 0.15) is 28.7 Å². The first-order chi connectivity index (χ1) is 15.8. The van der Waals surface area contributed by atoms with Crippen molar-refractivity contribution >= 4 is 32.7 Å². The van der Waals surface area contributed by atoms with Gasteiger partial charge in [-0.2, -0.15) is 10.4 Å². The Bertz CT molecular complexity index is 1400. The Morgan fingerprint density at radius 2 is 2.06 bits per heavy atom. The van der Waals surface area contributed by atoms with Crippen LogP contribution in [0, 0.1) is 18.3 Å². The number of carbonyl (C=O) groups is 1. The molecule has 0 aliphatic heterocycles. The van der Waals surface area contributed by atoms with Gasteiger partial charge in [-0.15, -0.1) is 0 Å². The molecule has 0 aliphatic carbocycles. The maximum atomic E-state index is 12.3. The number of carbonyl (C=O) groups excluding carboxylic acids is 1. The van der Waals surface area contributed by atoms with Gasteiger partial charge in [0.2, 0.25) is 0 Å². The summed E-state index contributed by atoms with van der Waals surface area (Å²) >= 11 is 3.56. The molecule has 0 fully saturated rings. The summed E-state index contributed by atoms with van der Waals surface area (Å²) in [4.78, 5) is 23.6. The number of fused-ring (bicyclic) bond motifs is 1. The molecule has 0 saturated carbocycles. The van der Waals surface area contributed by atoms with Gasteiger partial charge in [0.05, 0.1) is 21.1 Å². The molecule has 0 radical (unpaired) electrons. The number of benzene rings is 1. The Hall–Kier alpha value is -3.55. The first-order valence-electron chi connectivity index (χ1n) is 10.2. The minimum Gasteiger partial charge on any atom is -0.491 e. The fourth-order valence-corrected chi connectivity index (χ4v) is 3.84. The van der Waals surface area contributed by atoms with Crippen molar-refractivity contribution in [1.29, 1.82) is 5.26 Å². The largest absolute Gasteiger partial charge is 0.491 e. The van der Waals surface area contributed by atoms with Gasteiger partial charge in [-0.3, -0.25) is 9.36 Å². The number of nitrogens with zero attached hydrogens (tertiary/aromatic N) is 7. The molecule has 4 aromatic rings. The molecule has 0 spiro atoms. The fraction of sp³-hybridized carbons (Fsp3) is 0.261. The van der Waals surface area contributed by atoms with Gasteiger partial charge in [0.15, 0.2) is 17.3 Å². The molecule has 3 heterocycles. The van der Waals surface area contributed by atoms with Gasteiger partial charge in [-0.25, -0.2) is 14.6 Å². The second kappa shape index (κ2) is 9.13. The summed E-state index contributed by atoms with van der Waals surface area (Å²) in [6.07, 6.45) is 1.68. The third kappa shape index (κ3) is 4.51.